The molecule has 0 heterocycles. The van der Waals surface area contributed by atoms with Crippen LogP contribution in [0.3, 0.4) is 0 Å². The molecule has 1 saturated carbocycles. The Labute approximate surface area is 177 Å². The molecular formula is C21H23BrINO2. The summed E-state index contributed by atoms with van der Waals surface area (Å²) in [5.41, 5.74) is 2.11. The number of carbonyl (C=O) groups excluding carboxylic acids is 1. The zero-order chi connectivity index (χ0) is 18.4. The van der Waals surface area contributed by atoms with Gasteiger partial charge in [-0.3, -0.25) is 4.79 Å². The minimum atomic E-state index is 0.111. The van der Waals surface area contributed by atoms with Crippen LogP contribution in [0.4, 0.5) is 5.69 Å². The van der Waals surface area contributed by atoms with Crippen LogP contribution in [0.1, 0.15) is 31.2 Å². The molecule has 1 amide bonds. The lowest BCUT2D eigenvalue weighted by molar-refractivity contribution is -0.121. The molecule has 0 spiro atoms. The van der Waals surface area contributed by atoms with Crippen molar-refractivity contribution in [3.05, 3.63) is 62.1 Å². The van der Waals surface area contributed by atoms with Gasteiger partial charge in [0, 0.05) is 20.6 Å². The third-order valence-corrected chi connectivity index (χ3v) is 6.26. The molecule has 5 heteroatoms. The van der Waals surface area contributed by atoms with Crippen LogP contribution in [0, 0.1) is 15.4 Å². The molecule has 0 unspecified atom stereocenters. The second kappa shape index (κ2) is 9.85. The number of amides is 1. The summed E-state index contributed by atoms with van der Waals surface area (Å²) in [6, 6.07) is 16.2. The Morgan fingerprint density at radius 2 is 1.85 bits per heavy atom. The topological polar surface area (TPSA) is 38.3 Å². The number of nitrogens with one attached hydrogen (secondary N) is 1. The van der Waals surface area contributed by atoms with E-state index in [0.29, 0.717) is 12.5 Å². The van der Waals surface area contributed by atoms with Crippen molar-refractivity contribution in [3.8, 4) is 0 Å². The zero-order valence-electron chi connectivity index (χ0n) is 14.6. The van der Waals surface area contributed by atoms with Crippen molar-refractivity contribution in [2.75, 3.05) is 11.9 Å². The summed E-state index contributed by atoms with van der Waals surface area (Å²) < 4.78 is 7.94. The molecule has 1 aliphatic carbocycles. The first kappa shape index (κ1) is 19.8. The summed E-state index contributed by atoms with van der Waals surface area (Å²) in [5, 5.41) is 3.09. The molecule has 0 atom stereocenters. The Morgan fingerprint density at radius 3 is 2.54 bits per heavy atom. The van der Waals surface area contributed by atoms with E-state index in [9.17, 15) is 4.79 Å². The standard InChI is InChI=1S/C21H23BrINO2/c22-18-10-11-20(19(23)12-18)24-21(25)17-8-6-16(7-9-17)14-26-13-15-4-2-1-3-5-15/h1-5,10-12,16-17H,6-9,13-14H2,(H,24,25). The van der Waals surface area contributed by atoms with Crippen molar-refractivity contribution in [3.63, 3.8) is 0 Å². The number of carbonyl (C=O) groups is 1. The number of hydrogen-bond donors (Lipinski definition) is 1. The fraction of sp³-hybridized carbons (Fsp3) is 0.381. The van der Waals surface area contributed by atoms with E-state index in [2.05, 4.69) is 56.0 Å². The number of rotatable bonds is 6. The maximum Gasteiger partial charge on any atom is 0.227 e. The third kappa shape index (κ3) is 5.79. The Morgan fingerprint density at radius 1 is 1.12 bits per heavy atom. The summed E-state index contributed by atoms with van der Waals surface area (Å²) in [5.74, 6) is 0.823. The minimum Gasteiger partial charge on any atom is -0.376 e. The quantitative estimate of drug-likeness (QED) is 0.467. The predicted molar refractivity (Wildman–Crippen MR) is 117 cm³/mol. The van der Waals surface area contributed by atoms with E-state index in [-0.39, 0.29) is 11.8 Å². The number of ether oxygens (including phenoxy) is 1. The monoisotopic (exact) mass is 527 g/mol. The number of hydrogen-bond acceptors (Lipinski definition) is 2. The van der Waals surface area contributed by atoms with Crippen LogP contribution < -0.4 is 5.32 Å². The van der Waals surface area contributed by atoms with E-state index < -0.39 is 0 Å². The highest BCUT2D eigenvalue weighted by Gasteiger charge is 2.26. The highest BCUT2D eigenvalue weighted by Crippen LogP contribution is 2.31. The van der Waals surface area contributed by atoms with Gasteiger partial charge in [-0.15, -0.1) is 0 Å². The molecule has 0 bridgehead atoms. The minimum absolute atomic E-state index is 0.111. The van der Waals surface area contributed by atoms with Gasteiger partial charge in [0.2, 0.25) is 5.91 Å². The average molecular weight is 528 g/mol. The van der Waals surface area contributed by atoms with Gasteiger partial charge >= 0.3 is 0 Å². The summed E-state index contributed by atoms with van der Waals surface area (Å²) >= 11 is 5.70. The van der Waals surface area contributed by atoms with Gasteiger partial charge in [-0.25, -0.2) is 0 Å². The molecule has 1 aliphatic rings. The van der Waals surface area contributed by atoms with Crippen LogP contribution >= 0.6 is 38.5 Å². The van der Waals surface area contributed by atoms with E-state index in [4.69, 9.17) is 4.74 Å². The first-order valence-corrected chi connectivity index (χ1v) is 10.9. The second-order valence-corrected chi connectivity index (χ2v) is 8.91. The Hall–Kier alpha value is -0.920. The summed E-state index contributed by atoms with van der Waals surface area (Å²) in [4.78, 5) is 12.6. The summed E-state index contributed by atoms with van der Waals surface area (Å²) in [6.45, 7) is 1.46. The van der Waals surface area contributed by atoms with Crippen molar-refractivity contribution in [2.24, 2.45) is 11.8 Å². The van der Waals surface area contributed by atoms with E-state index in [1.807, 2.05) is 36.4 Å². The van der Waals surface area contributed by atoms with Crippen molar-refractivity contribution in [2.45, 2.75) is 32.3 Å². The van der Waals surface area contributed by atoms with Crippen molar-refractivity contribution < 1.29 is 9.53 Å². The van der Waals surface area contributed by atoms with E-state index in [0.717, 1.165) is 46.0 Å². The molecule has 138 valence electrons. The summed E-state index contributed by atoms with van der Waals surface area (Å²) in [7, 11) is 0. The fourth-order valence-electron chi connectivity index (χ4n) is 3.33. The molecule has 0 saturated heterocycles. The van der Waals surface area contributed by atoms with Crippen LogP contribution in [-0.2, 0) is 16.1 Å². The molecule has 3 nitrogen and oxygen atoms in total. The maximum absolute atomic E-state index is 12.6. The molecule has 2 aromatic rings. The fourth-order valence-corrected chi connectivity index (χ4v) is 4.77. The van der Waals surface area contributed by atoms with E-state index in [1.165, 1.54) is 5.56 Å². The largest absolute Gasteiger partial charge is 0.376 e. The Kier molecular flexibility index (Phi) is 7.52. The molecule has 3 rings (SSSR count). The molecule has 0 aromatic heterocycles. The average Bonchev–Trinajstić information content (AvgIpc) is 2.65. The predicted octanol–water partition coefficient (Wildman–Crippen LogP) is 6.02. The van der Waals surface area contributed by atoms with Crippen LogP contribution in [-0.4, -0.2) is 12.5 Å². The lowest BCUT2D eigenvalue weighted by atomic mass is 9.82. The normalized spacial score (nSPS) is 19.9. The summed E-state index contributed by atoms with van der Waals surface area (Å²) in [6.07, 6.45) is 4.01. The van der Waals surface area contributed by atoms with E-state index in [1.54, 1.807) is 0 Å². The molecule has 2 aromatic carbocycles. The number of benzene rings is 2. The van der Waals surface area contributed by atoms with Crippen LogP contribution in [0.2, 0.25) is 0 Å². The van der Waals surface area contributed by atoms with Crippen LogP contribution in [0.25, 0.3) is 0 Å². The molecule has 0 aliphatic heterocycles. The first-order valence-electron chi connectivity index (χ1n) is 8.99. The third-order valence-electron chi connectivity index (χ3n) is 4.87. The molecular weight excluding hydrogens is 505 g/mol. The Bertz CT molecular complexity index is 730. The highest BCUT2D eigenvalue weighted by atomic mass is 127. The molecule has 26 heavy (non-hydrogen) atoms. The van der Waals surface area contributed by atoms with Gasteiger partial charge < -0.3 is 10.1 Å². The van der Waals surface area contributed by atoms with Gasteiger partial charge in [0.1, 0.15) is 0 Å². The van der Waals surface area contributed by atoms with Crippen molar-refractivity contribution in [1.29, 1.82) is 0 Å². The SMILES string of the molecule is O=C(Nc1ccc(Br)cc1I)C1CCC(COCc2ccccc2)CC1. The van der Waals surface area contributed by atoms with Crippen molar-refractivity contribution in [1.82, 2.24) is 0 Å². The van der Waals surface area contributed by atoms with Gasteiger partial charge in [-0.1, -0.05) is 46.3 Å². The molecule has 1 fully saturated rings. The first-order chi connectivity index (χ1) is 12.6. The van der Waals surface area contributed by atoms with Gasteiger partial charge in [0.25, 0.3) is 0 Å². The van der Waals surface area contributed by atoms with Gasteiger partial charge in [-0.2, -0.15) is 0 Å². The zero-order valence-corrected chi connectivity index (χ0v) is 18.3. The second-order valence-electron chi connectivity index (χ2n) is 6.83. The number of anilines is 1. The van der Waals surface area contributed by atoms with Gasteiger partial charge in [-0.05, 0) is 78.0 Å². The van der Waals surface area contributed by atoms with Crippen LogP contribution in [0.5, 0.6) is 0 Å². The van der Waals surface area contributed by atoms with Crippen molar-refractivity contribution >= 4 is 50.1 Å². The van der Waals surface area contributed by atoms with Gasteiger partial charge in [0.05, 0.1) is 12.3 Å². The maximum atomic E-state index is 12.6. The van der Waals surface area contributed by atoms with Gasteiger partial charge in [0.15, 0.2) is 0 Å². The lowest BCUT2D eigenvalue weighted by Gasteiger charge is -2.27. The molecule has 0 radical (unpaired) electrons. The molecule has 1 N–H and O–H groups in total. The lowest BCUT2D eigenvalue weighted by Crippen LogP contribution is -2.28. The van der Waals surface area contributed by atoms with Crippen LogP contribution in [0.15, 0.2) is 53.0 Å². The Balaban J connectivity index is 1.41. The number of halogens is 2. The smallest absolute Gasteiger partial charge is 0.227 e. The van der Waals surface area contributed by atoms with E-state index >= 15 is 0 Å². The highest BCUT2D eigenvalue weighted by molar-refractivity contribution is 14.1.